The van der Waals surface area contributed by atoms with Crippen LogP contribution in [0.4, 0.5) is 0 Å². The van der Waals surface area contributed by atoms with Crippen LogP contribution < -0.4 is 4.74 Å². The van der Waals surface area contributed by atoms with E-state index >= 15 is 0 Å². The van der Waals surface area contributed by atoms with Crippen molar-refractivity contribution in [3.05, 3.63) is 131 Å². The first-order valence-corrected chi connectivity index (χ1v) is 17.2. The van der Waals surface area contributed by atoms with Crippen LogP contribution in [0.2, 0.25) is 0 Å². The predicted molar refractivity (Wildman–Crippen MR) is 202 cm³/mol. The maximum Gasteiger partial charge on any atom is 2.00 e. The number of aromatic nitrogens is 4. The van der Waals surface area contributed by atoms with Crippen LogP contribution >= 0.6 is 0 Å². The second-order valence-electron chi connectivity index (χ2n) is 14.7. The van der Waals surface area contributed by atoms with Gasteiger partial charge in [0.05, 0.1) is 5.69 Å². The minimum absolute atomic E-state index is 0. The van der Waals surface area contributed by atoms with Crippen LogP contribution in [0.5, 0.6) is 11.5 Å². The van der Waals surface area contributed by atoms with Gasteiger partial charge in [0.15, 0.2) is 0 Å². The third kappa shape index (κ3) is 6.44. The van der Waals surface area contributed by atoms with Gasteiger partial charge >= 0.3 is 20.4 Å². The monoisotopic (exact) mass is 750 g/mol. The van der Waals surface area contributed by atoms with E-state index in [-0.39, 0.29) is 25.8 Å². The van der Waals surface area contributed by atoms with E-state index in [1.807, 2.05) is 41.2 Å². The molecule has 0 fully saturated rings. The molecule has 256 valence electrons. The summed E-state index contributed by atoms with van der Waals surface area (Å²) in [5.74, 6) is 2.61. The van der Waals surface area contributed by atoms with Crippen molar-refractivity contribution < 1.29 is 25.2 Å². The van der Waals surface area contributed by atoms with Gasteiger partial charge in [0.2, 0.25) is 0 Å². The van der Waals surface area contributed by atoms with E-state index in [2.05, 4.69) is 128 Å². The molecule has 0 unspecified atom stereocenters. The molecule has 0 amide bonds. The fourth-order valence-electron chi connectivity index (χ4n) is 7.40. The summed E-state index contributed by atoms with van der Waals surface area (Å²) in [5.41, 5.74) is 12.7. The molecule has 0 bridgehead atoms. The summed E-state index contributed by atoms with van der Waals surface area (Å²) in [6, 6.07) is 34.3. The molecule has 7 aromatic rings. The molecule has 0 spiro atoms. The summed E-state index contributed by atoms with van der Waals surface area (Å²) in [5, 5.41) is 7.36. The number of para-hydroxylation sites is 1. The van der Waals surface area contributed by atoms with Gasteiger partial charge in [-0.25, -0.2) is 4.98 Å². The van der Waals surface area contributed by atoms with Crippen molar-refractivity contribution in [2.75, 3.05) is 0 Å². The topological polar surface area (TPSA) is 44.9 Å². The number of aryl methyl sites for hydroxylation is 3. The molecule has 3 aromatic heterocycles. The molecule has 3 heterocycles. The number of hydrogen-bond donors (Lipinski definition) is 0. The number of nitrogens with zero attached hydrogens (tertiary/aromatic N) is 4. The normalized spacial score (nSPS) is 11.8. The van der Waals surface area contributed by atoms with Gasteiger partial charge in [-0.3, -0.25) is 4.68 Å². The number of fused-ring (bicyclic) bond motifs is 3. The SMILES string of the molecule is Cc1ccnc(-n2c3[c-]c(Oc4[c-]c(-n5nc(C)c(-c6c(CC(C)C)ccc(C)c6C(C)(C)C)c5C)ccc4)ccc3c3ccccc32)c1.[Pd+2]. The molecule has 0 aliphatic rings. The maximum absolute atomic E-state index is 6.48. The van der Waals surface area contributed by atoms with Crippen molar-refractivity contribution >= 4 is 21.8 Å². The van der Waals surface area contributed by atoms with E-state index in [0.29, 0.717) is 17.4 Å². The van der Waals surface area contributed by atoms with Crippen molar-refractivity contribution in [2.24, 2.45) is 5.92 Å². The van der Waals surface area contributed by atoms with Crippen molar-refractivity contribution in [2.45, 2.75) is 74.1 Å². The number of ether oxygens (including phenoxy) is 1. The van der Waals surface area contributed by atoms with Crippen LogP contribution in [0.15, 0.2) is 85.1 Å². The summed E-state index contributed by atoms with van der Waals surface area (Å²) >= 11 is 0. The van der Waals surface area contributed by atoms with Crippen LogP contribution in [0.1, 0.15) is 68.3 Å². The van der Waals surface area contributed by atoms with Gasteiger partial charge in [-0.05, 0) is 103 Å². The summed E-state index contributed by atoms with van der Waals surface area (Å²) in [6.45, 7) is 20.1. The first-order valence-electron chi connectivity index (χ1n) is 17.2. The van der Waals surface area contributed by atoms with Crippen LogP contribution in [0.3, 0.4) is 0 Å². The molecule has 0 saturated heterocycles. The van der Waals surface area contributed by atoms with Crippen LogP contribution in [0.25, 0.3) is 44.4 Å². The van der Waals surface area contributed by atoms with E-state index in [0.717, 1.165) is 56.7 Å². The second kappa shape index (κ2) is 13.7. The Morgan fingerprint density at radius 3 is 2.30 bits per heavy atom. The van der Waals surface area contributed by atoms with E-state index in [1.165, 1.54) is 27.8 Å². The Kier molecular flexibility index (Phi) is 9.66. The fraction of sp³-hybridized carbons (Fsp3) is 0.273. The molecular weight excluding hydrogens is 707 g/mol. The average molecular weight is 751 g/mol. The molecule has 5 nitrogen and oxygen atoms in total. The van der Waals surface area contributed by atoms with Gasteiger partial charge in [0.25, 0.3) is 0 Å². The Hall–Kier alpha value is -4.50. The fourth-order valence-corrected chi connectivity index (χ4v) is 7.40. The van der Waals surface area contributed by atoms with Crippen molar-refractivity contribution in [3.63, 3.8) is 0 Å². The van der Waals surface area contributed by atoms with Gasteiger partial charge in [0.1, 0.15) is 5.82 Å². The molecule has 0 saturated carbocycles. The van der Waals surface area contributed by atoms with Crippen molar-refractivity contribution in [1.82, 2.24) is 19.3 Å². The van der Waals surface area contributed by atoms with E-state index in [4.69, 9.17) is 14.8 Å². The zero-order valence-corrected chi connectivity index (χ0v) is 31.9. The summed E-state index contributed by atoms with van der Waals surface area (Å²) in [7, 11) is 0. The molecule has 0 N–H and O–H groups in total. The number of rotatable bonds is 7. The minimum atomic E-state index is -0.0218. The first kappa shape index (κ1) is 35.3. The molecule has 0 radical (unpaired) electrons. The minimum Gasteiger partial charge on any atom is -0.509 e. The van der Waals surface area contributed by atoms with E-state index in [9.17, 15) is 0 Å². The predicted octanol–water partition coefficient (Wildman–Crippen LogP) is 11.2. The van der Waals surface area contributed by atoms with Crippen LogP contribution in [-0.4, -0.2) is 19.3 Å². The second-order valence-corrected chi connectivity index (χ2v) is 14.7. The largest absolute Gasteiger partial charge is 2.00 e. The standard InChI is InChI=1S/C44H44N4O.Pd/c1-27(2)23-32-18-17-29(4)43(44(7,8)9)42(32)41-30(5)46-48(31(41)6)33-13-12-14-34(25-33)49-35-19-20-37-36-15-10-11-16-38(36)47(39(37)26-35)40-24-28(3)21-22-45-40;/h10-22,24,27H,23H2,1-9H3;/q-2;+2. The summed E-state index contributed by atoms with van der Waals surface area (Å²) < 4.78 is 10.7. The smallest absolute Gasteiger partial charge is 0.509 e. The van der Waals surface area contributed by atoms with Gasteiger partial charge in [-0.2, -0.15) is 17.2 Å². The van der Waals surface area contributed by atoms with E-state index in [1.54, 1.807) is 0 Å². The molecule has 0 aliphatic heterocycles. The Morgan fingerprint density at radius 2 is 1.56 bits per heavy atom. The van der Waals surface area contributed by atoms with E-state index < -0.39 is 0 Å². The zero-order valence-electron chi connectivity index (χ0n) is 30.4. The third-order valence-corrected chi connectivity index (χ3v) is 9.31. The Labute approximate surface area is 310 Å². The Bertz CT molecular complexity index is 2360. The van der Waals surface area contributed by atoms with Crippen molar-refractivity contribution in [1.29, 1.82) is 0 Å². The third-order valence-electron chi connectivity index (χ3n) is 9.31. The molecule has 4 aromatic carbocycles. The Morgan fingerprint density at radius 1 is 0.800 bits per heavy atom. The van der Waals surface area contributed by atoms with Crippen LogP contribution in [0, 0.1) is 45.7 Å². The number of hydrogen-bond acceptors (Lipinski definition) is 3. The molecule has 0 atom stereocenters. The maximum atomic E-state index is 6.48. The zero-order chi connectivity index (χ0) is 34.6. The van der Waals surface area contributed by atoms with Gasteiger partial charge < -0.3 is 9.30 Å². The number of benzene rings is 4. The summed E-state index contributed by atoms with van der Waals surface area (Å²) in [4.78, 5) is 4.71. The van der Waals surface area contributed by atoms with Gasteiger partial charge in [-0.15, -0.1) is 35.7 Å². The Balaban J connectivity index is 0.00000432. The van der Waals surface area contributed by atoms with Gasteiger partial charge in [-0.1, -0.05) is 70.5 Å². The first-order chi connectivity index (χ1) is 23.4. The number of pyridine rings is 1. The van der Waals surface area contributed by atoms with Gasteiger partial charge in [0, 0.05) is 34.5 Å². The quantitative estimate of drug-likeness (QED) is 0.120. The molecular formula is C44H44N4OPd. The molecule has 7 rings (SSSR count). The average Bonchev–Trinajstić information content (AvgIpc) is 3.53. The van der Waals surface area contributed by atoms with Crippen LogP contribution in [-0.2, 0) is 32.3 Å². The van der Waals surface area contributed by atoms with Crippen molar-refractivity contribution in [3.8, 4) is 34.1 Å². The molecule has 50 heavy (non-hydrogen) atoms. The summed E-state index contributed by atoms with van der Waals surface area (Å²) in [6.07, 6.45) is 2.86. The molecule has 0 aliphatic carbocycles. The molecule has 6 heteroatoms.